The minimum absolute atomic E-state index is 0.202. The molecule has 1 aliphatic rings. The van der Waals surface area contributed by atoms with Crippen LogP contribution in [0.25, 0.3) is 0 Å². The summed E-state index contributed by atoms with van der Waals surface area (Å²) in [5.41, 5.74) is 3.80. The van der Waals surface area contributed by atoms with E-state index in [1.165, 1.54) is 24.0 Å². The number of carbonyl (C=O) groups excluding carboxylic acids is 1. The van der Waals surface area contributed by atoms with Gasteiger partial charge < -0.3 is 15.4 Å². The number of nitrogens with one attached hydrogen (secondary N) is 2. The topological polar surface area (TPSA) is 63.2 Å². The summed E-state index contributed by atoms with van der Waals surface area (Å²) in [6.07, 6.45) is 6.99. The molecule has 1 aromatic carbocycles. The third-order valence-corrected chi connectivity index (χ3v) is 3.90. The molecular formula is C18H21N3O2. The van der Waals surface area contributed by atoms with E-state index in [9.17, 15) is 4.79 Å². The zero-order valence-corrected chi connectivity index (χ0v) is 13.0. The molecule has 1 aliphatic carbocycles. The number of urea groups is 1. The first kappa shape index (κ1) is 15.3. The zero-order valence-electron chi connectivity index (χ0n) is 13.0. The molecule has 0 bridgehead atoms. The number of pyridine rings is 1. The summed E-state index contributed by atoms with van der Waals surface area (Å²) in [6.45, 7) is 1.39. The average Bonchev–Trinajstić information content (AvgIpc) is 3.05. The van der Waals surface area contributed by atoms with Crippen molar-refractivity contribution in [3.8, 4) is 5.75 Å². The number of ether oxygens (including phenoxy) is 1. The van der Waals surface area contributed by atoms with Gasteiger partial charge >= 0.3 is 6.03 Å². The number of aromatic nitrogens is 1. The Balaban J connectivity index is 1.34. The van der Waals surface area contributed by atoms with E-state index in [4.69, 9.17) is 4.74 Å². The Morgan fingerprint density at radius 1 is 1.17 bits per heavy atom. The van der Waals surface area contributed by atoms with E-state index >= 15 is 0 Å². The number of nitrogens with zero attached hydrogens (tertiary/aromatic N) is 1. The average molecular weight is 311 g/mol. The maximum Gasteiger partial charge on any atom is 0.315 e. The van der Waals surface area contributed by atoms with Gasteiger partial charge in [0.1, 0.15) is 12.4 Å². The first-order valence-corrected chi connectivity index (χ1v) is 7.96. The van der Waals surface area contributed by atoms with Gasteiger partial charge in [-0.15, -0.1) is 0 Å². The lowest BCUT2D eigenvalue weighted by Crippen LogP contribution is -2.37. The minimum atomic E-state index is -0.202. The smallest absolute Gasteiger partial charge is 0.315 e. The van der Waals surface area contributed by atoms with Crippen LogP contribution in [-0.4, -0.2) is 24.2 Å². The number of aryl methyl sites for hydroxylation is 2. The number of fused-ring (bicyclic) bond motifs is 1. The Morgan fingerprint density at radius 3 is 2.96 bits per heavy atom. The van der Waals surface area contributed by atoms with Crippen LogP contribution in [-0.2, 0) is 19.4 Å². The molecule has 2 amide bonds. The lowest BCUT2D eigenvalue weighted by atomic mass is 10.1. The predicted molar refractivity (Wildman–Crippen MR) is 88.4 cm³/mol. The lowest BCUT2D eigenvalue weighted by Gasteiger charge is -2.10. The molecule has 2 aromatic rings. The predicted octanol–water partition coefficient (Wildman–Crippen LogP) is 2.45. The molecule has 5 nitrogen and oxygen atoms in total. The zero-order chi connectivity index (χ0) is 15.9. The van der Waals surface area contributed by atoms with E-state index in [1.54, 1.807) is 12.4 Å². The molecule has 1 heterocycles. The standard InChI is InChI=1S/C18H21N3O2/c22-18(21-13-14-3-2-8-19-12-14)20-9-10-23-17-7-6-15-4-1-5-16(15)11-17/h2-3,6-8,11-12H,1,4-5,9-10,13H2,(H2,20,21,22). The van der Waals surface area contributed by atoms with Crippen LogP contribution in [0.1, 0.15) is 23.1 Å². The molecule has 5 heteroatoms. The Labute approximate surface area is 136 Å². The molecule has 3 rings (SSSR count). The largest absolute Gasteiger partial charge is 0.492 e. The van der Waals surface area contributed by atoms with Crippen LogP contribution in [0.2, 0.25) is 0 Å². The van der Waals surface area contributed by atoms with E-state index in [-0.39, 0.29) is 6.03 Å². The maximum absolute atomic E-state index is 11.7. The molecule has 0 radical (unpaired) electrons. The fourth-order valence-corrected chi connectivity index (χ4v) is 2.72. The SMILES string of the molecule is O=C(NCCOc1ccc2c(c1)CCC2)NCc1cccnc1. The summed E-state index contributed by atoms with van der Waals surface area (Å²) < 4.78 is 5.69. The van der Waals surface area contributed by atoms with Crippen LogP contribution >= 0.6 is 0 Å². The highest BCUT2D eigenvalue weighted by Gasteiger charge is 2.11. The van der Waals surface area contributed by atoms with E-state index < -0.39 is 0 Å². The van der Waals surface area contributed by atoms with Crippen molar-refractivity contribution in [2.75, 3.05) is 13.2 Å². The van der Waals surface area contributed by atoms with Crippen molar-refractivity contribution in [2.45, 2.75) is 25.8 Å². The van der Waals surface area contributed by atoms with Crippen molar-refractivity contribution in [1.29, 1.82) is 0 Å². The summed E-state index contributed by atoms with van der Waals surface area (Å²) in [7, 11) is 0. The second kappa shape index (κ2) is 7.63. The molecule has 0 aliphatic heterocycles. The van der Waals surface area contributed by atoms with Gasteiger partial charge in [-0.2, -0.15) is 0 Å². The Hall–Kier alpha value is -2.56. The maximum atomic E-state index is 11.7. The van der Waals surface area contributed by atoms with Gasteiger partial charge in [-0.25, -0.2) is 4.79 Å². The first-order chi connectivity index (χ1) is 11.3. The molecular weight excluding hydrogens is 290 g/mol. The van der Waals surface area contributed by atoms with Gasteiger partial charge in [0.05, 0.1) is 6.54 Å². The number of rotatable bonds is 6. The molecule has 0 spiro atoms. The number of carbonyl (C=O) groups is 1. The quantitative estimate of drug-likeness (QED) is 0.806. The van der Waals surface area contributed by atoms with Crippen LogP contribution in [0.5, 0.6) is 5.75 Å². The first-order valence-electron chi connectivity index (χ1n) is 7.96. The van der Waals surface area contributed by atoms with Crippen LogP contribution in [0.15, 0.2) is 42.7 Å². The molecule has 0 saturated carbocycles. The highest BCUT2D eigenvalue weighted by molar-refractivity contribution is 5.73. The highest BCUT2D eigenvalue weighted by atomic mass is 16.5. The fraction of sp³-hybridized carbons (Fsp3) is 0.333. The Bertz CT molecular complexity index is 659. The van der Waals surface area contributed by atoms with Crippen molar-refractivity contribution in [3.63, 3.8) is 0 Å². The molecule has 120 valence electrons. The molecule has 0 fully saturated rings. The van der Waals surface area contributed by atoms with Gasteiger partial charge in [-0.05, 0) is 54.2 Å². The Kier molecular flexibility index (Phi) is 5.09. The van der Waals surface area contributed by atoms with Crippen LogP contribution in [0.3, 0.4) is 0 Å². The second-order valence-corrected chi connectivity index (χ2v) is 5.60. The summed E-state index contributed by atoms with van der Waals surface area (Å²) in [4.78, 5) is 15.7. The van der Waals surface area contributed by atoms with E-state index in [1.807, 2.05) is 18.2 Å². The summed E-state index contributed by atoms with van der Waals surface area (Å²) in [5, 5.41) is 5.57. The van der Waals surface area contributed by atoms with E-state index in [0.717, 1.165) is 17.7 Å². The summed E-state index contributed by atoms with van der Waals surface area (Å²) in [6, 6.07) is 9.83. The van der Waals surface area contributed by atoms with E-state index in [2.05, 4.69) is 27.8 Å². The third kappa shape index (κ3) is 4.45. The number of hydrogen-bond acceptors (Lipinski definition) is 3. The molecule has 0 saturated heterocycles. The van der Waals surface area contributed by atoms with Crippen molar-refractivity contribution in [3.05, 3.63) is 59.4 Å². The molecule has 23 heavy (non-hydrogen) atoms. The van der Waals surface area contributed by atoms with Crippen molar-refractivity contribution in [2.24, 2.45) is 0 Å². The van der Waals surface area contributed by atoms with Gasteiger partial charge in [0.25, 0.3) is 0 Å². The number of benzene rings is 1. The van der Waals surface area contributed by atoms with Crippen molar-refractivity contribution < 1.29 is 9.53 Å². The summed E-state index contributed by atoms with van der Waals surface area (Å²) in [5.74, 6) is 0.878. The monoisotopic (exact) mass is 311 g/mol. The van der Waals surface area contributed by atoms with Crippen molar-refractivity contribution >= 4 is 6.03 Å². The van der Waals surface area contributed by atoms with E-state index in [0.29, 0.717) is 19.7 Å². The number of hydrogen-bond donors (Lipinski definition) is 2. The van der Waals surface area contributed by atoms with Gasteiger partial charge in [0.2, 0.25) is 0 Å². The lowest BCUT2D eigenvalue weighted by molar-refractivity contribution is 0.236. The number of amides is 2. The van der Waals surface area contributed by atoms with Gasteiger partial charge in [0, 0.05) is 18.9 Å². The van der Waals surface area contributed by atoms with Crippen LogP contribution in [0.4, 0.5) is 4.79 Å². The van der Waals surface area contributed by atoms with Gasteiger partial charge in [-0.1, -0.05) is 12.1 Å². The highest BCUT2D eigenvalue weighted by Crippen LogP contribution is 2.25. The van der Waals surface area contributed by atoms with Gasteiger partial charge in [-0.3, -0.25) is 4.98 Å². The normalized spacial score (nSPS) is 12.5. The Morgan fingerprint density at radius 2 is 2.09 bits per heavy atom. The van der Waals surface area contributed by atoms with Crippen LogP contribution < -0.4 is 15.4 Å². The molecule has 2 N–H and O–H groups in total. The summed E-state index contributed by atoms with van der Waals surface area (Å²) >= 11 is 0. The van der Waals surface area contributed by atoms with Crippen molar-refractivity contribution in [1.82, 2.24) is 15.6 Å². The molecule has 1 aromatic heterocycles. The van der Waals surface area contributed by atoms with Gasteiger partial charge in [0.15, 0.2) is 0 Å². The third-order valence-electron chi connectivity index (χ3n) is 3.90. The molecule has 0 atom stereocenters. The fourth-order valence-electron chi connectivity index (χ4n) is 2.72. The minimum Gasteiger partial charge on any atom is -0.492 e. The second-order valence-electron chi connectivity index (χ2n) is 5.60. The molecule has 0 unspecified atom stereocenters. The van der Waals surface area contributed by atoms with Crippen LogP contribution in [0, 0.1) is 0 Å².